The van der Waals surface area contributed by atoms with E-state index in [-0.39, 0.29) is 11.6 Å². The summed E-state index contributed by atoms with van der Waals surface area (Å²) in [6.07, 6.45) is 3.93. The average molecular weight is 390 g/mol. The van der Waals surface area contributed by atoms with Crippen LogP contribution in [0.1, 0.15) is 33.6 Å². The fourth-order valence-corrected chi connectivity index (χ4v) is 5.44. The van der Waals surface area contributed by atoms with Crippen LogP contribution in [0.3, 0.4) is 0 Å². The zero-order valence-electron chi connectivity index (χ0n) is 9.46. The molecule has 94 valence electrons. The quantitative estimate of drug-likeness (QED) is 0.547. The fourth-order valence-electron chi connectivity index (χ4n) is 2.31. The zero-order valence-corrected chi connectivity index (χ0v) is 13.5. The molecular weight excluding hydrogens is 380 g/mol. The van der Waals surface area contributed by atoms with Crippen molar-refractivity contribution in [2.24, 2.45) is 5.41 Å². The van der Waals surface area contributed by atoms with Gasteiger partial charge in [0.25, 0.3) is 0 Å². The molecule has 0 unspecified atom stereocenters. The van der Waals surface area contributed by atoms with E-state index < -0.39 is 5.41 Å². The van der Waals surface area contributed by atoms with Crippen LogP contribution in [0.2, 0.25) is 0 Å². The van der Waals surface area contributed by atoms with Crippen LogP contribution in [0.25, 0.3) is 0 Å². The Labute approximate surface area is 126 Å². The van der Waals surface area contributed by atoms with E-state index in [9.17, 15) is 9.59 Å². The first kappa shape index (κ1) is 13.9. The standard InChI is InChI=1S/C13H10Br2O2S/c1-3-5-13(6-4-2)9(16)7-8(10(13)17)12(15)18-11(7)14/h3-4H,1-2,5-6H2. The van der Waals surface area contributed by atoms with E-state index in [1.54, 1.807) is 12.2 Å². The van der Waals surface area contributed by atoms with Crippen molar-refractivity contribution in [2.45, 2.75) is 12.8 Å². The molecule has 1 aliphatic carbocycles. The second-order valence-electron chi connectivity index (χ2n) is 4.13. The maximum atomic E-state index is 12.6. The number of halogens is 2. The lowest BCUT2D eigenvalue weighted by Crippen LogP contribution is -2.32. The van der Waals surface area contributed by atoms with Crippen molar-refractivity contribution in [3.05, 3.63) is 44.0 Å². The van der Waals surface area contributed by atoms with E-state index in [2.05, 4.69) is 45.0 Å². The lowest BCUT2D eigenvalue weighted by atomic mass is 9.76. The number of allylic oxidation sites excluding steroid dienone is 2. The third-order valence-electron chi connectivity index (χ3n) is 3.13. The second kappa shape index (κ2) is 4.87. The molecule has 0 fully saturated rings. The number of hydrogen-bond acceptors (Lipinski definition) is 3. The van der Waals surface area contributed by atoms with Crippen molar-refractivity contribution in [3.63, 3.8) is 0 Å². The normalized spacial score (nSPS) is 16.8. The molecule has 0 spiro atoms. The van der Waals surface area contributed by atoms with Crippen molar-refractivity contribution in [2.75, 3.05) is 0 Å². The Morgan fingerprint density at radius 2 is 1.39 bits per heavy atom. The maximum Gasteiger partial charge on any atom is 0.180 e. The first-order valence-electron chi connectivity index (χ1n) is 5.28. The number of Topliss-reactive ketones (excluding diaryl/α,β-unsaturated/α-hetero) is 2. The molecule has 0 radical (unpaired) electrons. The molecule has 0 bridgehead atoms. The summed E-state index contributed by atoms with van der Waals surface area (Å²) in [6, 6.07) is 0. The summed E-state index contributed by atoms with van der Waals surface area (Å²) >= 11 is 8.06. The van der Waals surface area contributed by atoms with Crippen molar-refractivity contribution in [1.82, 2.24) is 0 Å². The van der Waals surface area contributed by atoms with Gasteiger partial charge in [0.2, 0.25) is 0 Å². The molecule has 0 amide bonds. The van der Waals surface area contributed by atoms with Crippen LogP contribution < -0.4 is 0 Å². The van der Waals surface area contributed by atoms with Crippen LogP contribution in [-0.2, 0) is 0 Å². The number of fused-ring (bicyclic) bond motifs is 1. The molecule has 0 saturated carbocycles. The van der Waals surface area contributed by atoms with Crippen LogP contribution in [0.5, 0.6) is 0 Å². The van der Waals surface area contributed by atoms with E-state index in [1.165, 1.54) is 11.3 Å². The summed E-state index contributed by atoms with van der Waals surface area (Å²) < 4.78 is 1.41. The summed E-state index contributed by atoms with van der Waals surface area (Å²) in [5, 5.41) is 0. The van der Waals surface area contributed by atoms with Gasteiger partial charge in [-0.2, -0.15) is 0 Å². The number of carbonyl (C=O) groups is 2. The molecule has 0 aliphatic heterocycles. The Morgan fingerprint density at radius 3 is 1.72 bits per heavy atom. The van der Waals surface area contributed by atoms with E-state index in [4.69, 9.17) is 0 Å². The second-order valence-corrected chi connectivity index (χ2v) is 7.78. The predicted molar refractivity (Wildman–Crippen MR) is 80.4 cm³/mol. The van der Waals surface area contributed by atoms with Gasteiger partial charge in [-0.25, -0.2) is 0 Å². The van der Waals surface area contributed by atoms with Crippen LogP contribution in [0, 0.1) is 5.41 Å². The van der Waals surface area contributed by atoms with E-state index in [0.29, 0.717) is 31.5 Å². The molecule has 1 aromatic rings. The van der Waals surface area contributed by atoms with Crippen molar-refractivity contribution < 1.29 is 9.59 Å². The zero-order chi connectivity index (χ0) is 13.5. The minimum Gasteiger partial charge on any atom is -0.293 e. The molecule has 0 aromatic carbocycles. The van der Waals surface area contributed by atoms with Crippen molar-refractivity contribution in [1.29, 1.82) is 0 Å². The molecule has 0 saturated heterocycles. The van der Waals surface area contributed by atoms with Gasteiger partial charge in [-0.3, -0.25) is 9.59 Å². The summed E-state index contributed by atoms with van der Waals surface area (Å²) in [6.45, 7) is 7.31. The van der Waals surface area contributed by atoms with E-state index >= 15 is 0 Å². The van der Waals surface area contributed by atoms with Crippen LogP contribution in [0.15, 0.2) is 32.9 Å². The van der Waals surface area contributed by atoms with Gasteiger partial charge in [0.15, 0.2) is 11.6 Å². The van der Waals surface area contributed by atoms with Crippen LogP contribution >= 0.6 is 43.2 Å². The van der Waals surface area contributed by atoms with E-state index in [0.717, 1.165) is 0 Å². The van der Waals surface area contributed by atoms with Gasteiger partial charge in [0, 0.05) is 0 Å². The summed E-state index contributed by atoms with van der Waals surface area (Å²) in [4.78, 5) is 25.2. The highest BCUT2D eigenvalue weighted by Crippen LogP contribution is 2.50. The first-order chi connectivity index (χ1) is 8.49. The van der Waals surface area contributed by atoms with Gasteiger partial charge in [-0.1, -0.05) is 12.2 Å². The van der Waals surface area contributed by atoms with Gasteiger partial charge in [-0.05, 0) is 44.7 Å². The van der Waals surface area contributed by atoms with Crippen molar-refractivity contribution in [3.8, 4) is 0 Å². The maximum absolute atomic E-state index is 12.6. The summed E-state index contributed by atoms with van der Waals surface area (Å²) in [5.41, 5.74) is -0.0335. The fraction of sp³-hybridized carbons (Fsp3) is 0.231. The number of rotatable bonds is 4. The molecular formula is C13H10Br2O2S. The molecule has 0 atom stereocenters. The summed E-state index contributed by atoms with van der Waals surface area (Å²) in [7, 11) is 0. The lowest BCUT2D eigenvalue weighted by Gasteiger charge is -2.22. The third-order valence-corrected chi connectivity index (χ3v) is 5.66. The van der Waals surface area contributed by atoms with Crippen LogP contribution in [-0.4, -0.2) is 11.6 Å². The largest absolute Gasteiger partial charge is 0.293 e. The molecule has 0 N–H and O–H groups in total. The average Bonchev–Trinajstić information content (AvgIpc) is 2.71. The van der Waals surface area contributed by atoms with Crippen molar-refractivity contribution >= 4 is 54.8 Å². The monoisotopic (exact) mass is 388 g/mol. The number of ketones is 2. The minimum atomic E-state index is -1.03. The topological polar surface area (TPSA) is 34.1 Å². The van der Waals surface area contributed by atoms with Gasteiger partial charge >= 0.3 is 0 Å². The van der Waals surface area contributed by atoms with Gasteiger partial charge in [0.05, 0.1) is 18.7 Å². The molecule has 2 nitrogen and oxygen atoms in total. The highest BCUT2D eigenvalue weighted by Gasteiger charge is 2.53. The van der Waals surface area contributed by atoms with Gasteiger partial charge < -0.3 is 0 Å². The van der Waals surface area contributed by atoms with Crippen LogP contribution in [0.4, 0.5) is 0 Å². The highest BCUT2D eigenvalue weighted by molar-refractivity contribution is 9.12. The lowest BCUT2D eigenvalue weighted by molar-refractivity contribution is 0.0703. The number of hydrogen-bond donors (Lipinski definition) is 0. The Kier molecular flexibility index (Phi) is 3.76. The number of thiophene rings is 1. The minimum absolute atomic E-state index is 0.129. The molecule has 1 heterocycles. The Morgan fingerprint density at radius 1 is 1.00 bits per heavy atom. The third kappa shape index (κ3) is 1.72. The smallest absolute Gasteiger partial charge is 0.180 e. The molecule has 5 heteroatoms. The number of carbonyl (C=O) groups excluding carboxylic acids is 2. The Hall–Kier alpha value is -0.520. The predicted octanol–water partition coefficient (Wildman–Crippen LogP) is 4.79. The highest BCUT2D eigenvalue weighted by atomic mass is 79.9. The summed E-state index contributed by atoms with van der Waals surface area (Å²) in [5.74, 6) is -0.257. The van der Waals surface area contributed by atoms with Gasteiger partial charge in [-0.15, -0.1) is 24.5 Å². The molecule has 1 aromatic heterocycles. The Balaban J connectivity index is 2.66. The molecule has 18 heavy (non-hydrogen) atoms. The Bertz CT molecular complexity index is 523. The SMILES string of the molecule is C=CCC1(CC=C)C(=O)c2c(Br)sc(Br)c2C1=O. The molecule has 2 rings (SSSR count). The van der Waals surface area contributed by atoms with E-state index in [1.807, 2.05) is 0 Å². The first-order valence-corrected chi connectivity index (χ1v) is 7.69. The van der Waals surface area contributed by atoms with Gasteiger partial charge in [0.1, 0.15) is 5.41 Å². The molecule has 1 aliphatic rings.